The van der Waals surface area contributed by atoms with Gasteiger partial charge in [0.1, 0.15) is 6.33 Å². The van der Waals surface area contributed by atoms with Crippen molar-refractivity contribution in [1.29, 1.82) is 0 Å². The second kappa shape index (κ2) is 7.97. The minimum atomic E-state index is 0.120. The van der Waals surface area contributed by atoms with E-state index in [1.54, 1.807) is 17.7 Å². The molecule has 0 spiro atoms. The molecule has 0 fully saturated rings. The normalized spacial score (nSPS) is 12.0. The maximum atomic E-state index is 12.8. The molecular formula is C23H19N3OS2. The second-order valence-electron chi connectivity index (χ2n) is 7.05. The van der Waals surface area contributed by atoms with Crippen molar-refractivity contribution < 1.29 is 4.79 Å². The largest absolute Gasteiger partial charge is 0.308 e. The molecule has 0 saturated heterocycles. The molecule has 0 saturated carbocycles. The van der Waals surface area contributed by atoms with Crippen molar-refractivity contribution in [2.45, 2.75) is 24.5 Å². The van der Waals surface area contributed by atoms with Crippen LogP contribution in [0.3, 0.4) is 0 Å². The lowest BCUT2D eigenvalue weighted by Crippen LogP contribution is -2.06. The monoisotopic (exact) mass is 417 g/mol. The van der Waals surface area contributed by atoms with Crippen molar-refractivity contribution in [2.24, 2.45) is 0 Å². The molecular weight excluding hydrogens is 398 g/mol. The van der Waals surface area contributed by atoms with E-state index in [2.05, 4.69) is 58.0 Å². The van der Waals surface area contributed by atoms with Crippen LogP contribution in [0.4, 0.5) is 0 Å². The molecule has 2 aromatic carbocycles. The number of thiophene rings is 1. The average molecular weight is 418 g/mol. The van der Waals surface area contributed by atoms with Crippen LogP contribution >= 0.6 is 23.1 Å². The van der Waals surface area contributed by atoms with Crippen LogP contribution in [0.25, 0.3) is 11.1 Å². The zero-order chi connectivity index (χ0) is 19.6. The van der Waals surface area contributed by atoms with Crippen LogP contribution in [-0.4, -0.2) is 26.3 Å². The number of Topliss-reactive ketones (excluding diaryl/α,β-unsaturated/α-hetero) is 1. The maximum absolute atomic E-state index is 12.8. The number of ketones is 1. The number of hydrogen-bond donors (Lipinski definition) is 0. The lowest BCUT2D eigenvalue weighted by molar-refractivity contribution is 0.102. The number of benzene rings is 2. The van der Waals surface area contributed by atoms with Crippen molar-refractivity contribution in [3.05, 3.63) is 87.9 Å². The molecule has 2 heterocycles. The summed E-state index contributed by atoms with van der Waals surface area (Å²) in [6, 6.07) is 18.7. The fourth-order valence-electron chi connectivity index (χ4n) is 3.71. The number of fused-ring (bicyclic) bond motifs is 3. The first kappa shape index (κ1) is 18.3. The lowest BCUT2D eigenvalue weighted by Gasteiger charge is -2.07. The van der Waals surface area contributed by atoms with Gasteiger partial charge in [-0.1, -0.05) is 54.2 Å². The van der Waals surface area contributed by atoms with E-state index in [0.717, 1.165) is 30.1 Å². The van der Waals surface area contributed by atoms with E-state index in [4.69, 9.17) is 0 Å². The SMILES string of the molecule is O=C(CSc1nncn1CCc1cccs1)c1ccc2c(c1)-c1ccccc1C2. The minimum Gasteiger partial charge on any atom is -0.308 e. The lowest BCUT2D eigenvalue weighted by atomic mass is 10.0. The number of thioether (sulfide) groups is 1. The number of nitrogens with zero attached hydrogens (tertiary/aromatic N) is 3. The summed E-state index contributed by atoms with van der Waals surface area (Å²) in [7, 11) is 0. The molecule has 0 unspecified atom stereocenters. The van der Waals surface area contributed by atoms with Crippen molar-refractivity contribution in [3.8, 4) is 11.1 Å². The standard InChI is InChI=1S/C23H19N3OS2/c27-22(14-29-23-25-24-15-26(23)10-9-19-5-3-11-28-19)18-8-7-17-12-16-4-1-2-6-20(16)21(17)13-18/h1-8,11,13,15H,9-10,12,14H2. The second-order valence-corrected chi connectivity index (χ2v) is 9.03. The Balaban J connectivity index is 1.26. The van der Waals surface area contributed by atoms with E-state index in [-0.39, 0.29) is 5.78 Å². The summed E-state index contributed by atoms with van der Waals surface area (Å²) in [5.74, 6) is 0.480. The Morgan fingerprint density at radius 1 is 1.07 bits per heavy atom. The first-order valence-corrected chi connectivity index (χ1v) is 11.4. The third-order valence-electron chi connectivity index (χ3n) is 5.21. The Morgan fingerprint density at radius 2 is 1.97 bits per heavy atom. The summed E-state index contributed by atoms with van der Waals surface area (Å²) in [6.45, 7) is 0.819. The summed E-state index contributed by atoms with van der Waals surface area (Å²) in [6.07, 6.45) is 3.64. The molecule has 29 heavy (non-hydrogen) atoms. The molecule has 0 N–H and O–H groups in total. The molecule has 0 atom stereocenters. The number of rotatable bonds is 7. The van der Waals surface area contributed by atoms with Gasteiger partial charge >= 0.3 is 0 Å². The molecule has 4 nitrogen and oxygen atoms in total. The van der Waals surface area contributed by atoms with Crippen LogP contribution in [0.15, 0.2) is 71.5 Å². The third kappa shape index (κ3) is 3.78. The highest BCUT2D eigenvalue weighted by Gasteiger charge is 2.20. The van der Waals surface area contributed by atoms with Gasteiger partial charge in [0.25, 0.3) is 0 Å². The van der Waals surface area contributed by atoms with Gasteiger partial charge in [-0.2, -0.15) is 0 Å². The van der Waals surface area contributed by atoms with Gasteiger partial charge in [0, 0.05) is 17.0 Å². The quantitative estimate of drug-likeness (QED) is 0.272. The van der Waals surface area contributed by atoms with Gasteiger partial charge in [-0.25, -0.2) is 0 Å². The van der Waals surface area contributed by atoms with Gasteiger partial charge < -0.3 is 4.57 Å². The number of aryl methyl sites for hydroxylation is 2. The Kier molecular flexibility index (Phi) is 5.04. The Bertz CT molecular complexity index is 1160. The van der Waals surface area contributed by atoms with Gasteiger partial charge in [0.05, 0.1) is 5.75 Å². The van der Waals surface area contributed by atoms with Crippen LogP contribution in [-0.2, 0) is 19.4 Å². The summed E-state index contributed by atoms with van der Waals surface area (Å²) in [5.41, 5.74) is 5.83. The van der Waals surface area contributed by atoms with Gasteiger partial charge in [0.15, 0.2) is 10.9 Å². The molecule has 0 amide bonds. The van der Waals surface area contributed by atoms with Gasteiger partial charge in [-0.15, -0.1) is 21.5 Å². The zero-order valence-corrected chi connectivity index (χ0v) is 17.4. The van der Waals surface area contributed by atoms with Gasteiger partial charge in [-0.05, 0) is 52.6 Å². The van der Waals surface area contributed by atoms with Crippen LogP contribution in [0, 0.1) is 0 Å². The smallest absolute Gasteiger partial charge is 0.191 e. The number of aromatic nitrogens is 3. The van der Waals surface area contributed by atoms with E-state index < -0.39 is 0 Å². The molecule has 144 valence electrons. The fraction of sp³-hybridized carbons (Fsp3) is 0.174. The molecule has 4 aromatic rings. The molecule has 2 aromatic heterocycles. The highest BCUT2D eigenvalue weighted by atomic mass is 32.2. The molecule has 0 bridgehead atoms. The summed E-state index contributed by atoms with van der Waals surface area (Å²) in [5, 5.41) is 11.1. The van der Waals surface area contributed by atoms with E-state index in [0.29, 0.717) is 5.75 Å². The van der Waals surface area contributed by atoms with Gasteiger partial charge in [-0.3, -0.25) is 4.79 Å². The third-order valence-corrected chi connectivity index (χ3v) is 7.13. The number of carbonyl (C=O) groups is 1. The van der Waals surface area contributed by atoms with Crippen molar-refractivity contribution in [1.82, 2.24) is 14.8 Å². The Morgan fingerprint density at radius 3 is 2.86 bits per heavy atom. The van der Waals surface area contributed by atoms with E-state index >= 15 is 0 Å². The average Bonchev–Trinajstić information content (AvgIpc) is 3.49. The molecule has 6 heteroatoms. The predicted molar refractivity (Wildman–Crippen MR) is 118 cm³/mol. The zero-order valence-electron chi connectivity index (χ0n) is 15.7. The van der Waals surface area contributed by atoms with Crippen molar-refractivity contribution in [3.63, 3.8) is 0 Å². The predicted octanol–water partition coefficient (Wildman–Crippen LogP) is 5.13. The van der Waals surface area contributed by atoms with Crippen LogP contribution in [0.5, 0.6) is 0 Å². The maximum Gasteiger partial charge on any atom is 0.191 e. The summed E-state index contributed by atoms with van der Waals surface area (Å²) >= 11 is 3.21. The van der Waals surface area contributed by atoms with E-state index in [9.17, 15) is 4.79 Å². The highest BCUT2D eigenvalue weighted by Crippen LogP contribution is 2.37. The fourth-order valence-corrected chi connectivity index (χ4v) is 5.24. The molecule has 1 aliphatic rings. The molecule has 1 aliphatic carbocycles. The van der Waals surface area contributed by atoms with Gasteiger partial charge in [0.2, 0.25) is 0 Å². The highest BCUT2D eigenvalue weighted by molar-refractivity contribution is 7.99. The van der Waals surface area contributed by atoms with E-state index in [1.807, 2.05) is 16.7 Å². The molecule has 5 rings (SSSR count). The van der Waals surface area contributed by atoms with E-state index in [1.165, 1.54) is 38.9 Å². The van der Waals surface area contributed by atoms with Crippen LogP contribution in [0.1, 0.15) is 26.4 Å². The number of carbonyl (C=O) groups excluding carboxylic acids is 1. The topological polar surface area (TPSA) is 47.8 Å². The van der Waals surface area contributed by atoms with Crippen molar-refractivity contribution >= 4 is 28.9 Å². The first-order valence-electron chi connectivity index (χ1n) is 9.55. The minimum absolute atomic E-state index is 0.120. The molecule has 0 radical (unpaired) electrons. The first-order chi connectivity index (χ1) is 14.3. The summed E-state index contributed by atoms with van der Waals surface area (Å²) in [4.78, 5) is 14.2. The number of hydrogen-bond acceptors (Lipinski definition) is 5. The van der Waals surface area contributed by atoms with Crippen LogP contribution in [0.2, 0.25) is 0 Å². The summed E-state index contributed by atoms with van der Waals surface area (Å²) < 4.78 is 2.02. The van der Waals surface area contributed by atoms with Crippen LogP contribution < -0.4 is 0 Å². The Labute approximate surface area is 177 Å². The molecule has 0 aliphatic heterocycles. The Hall–Kier alpha value is -2.70. The van der Waals surface area contributed by atoms with Crippen molar-refractivity contribution in [2.75, 3.05) is 5.75 Å².